The zero-order valence-corrected chi connectivity index (χ0v) is 19.2. The topological polar surface area (TPSA) is 133 Å². The summed E-state index contributed by atoms with van der Waals surface area (Å²) < 4.78 is 5.65. The van der Waals surface area contributed by atoms with E-state index in [1.807, 2.05) is 36.6 Å². The summed E-state index contributed by atoms with van der Waals surface area (Å²) in [5.41, 5.74) is 11.0. The van der Waals surface area contributed by atoms with Gasteiger partial charge < -0.3 is 31.0 Å². The SMILES string of the molecule is C[NH2+]c1ncc(-c2ccnc(Nc3cc(N)c(N4CCN(C)CC4)cc3OC)n2)cc1C=N. The molecule has 0 bridgehead atoms. The van der Waals surface area contributed by atoms with E-state index in [1.165, 1.54) is 6.21 Å². The number of pyridine rings is 1. The van der Waals surface area contributed by atoms with E-state index < -0.39 is 0 Å². The molecule has 10 heteroatoms. The van der Waals surface area contributed by atoms with Gasteiger partial charge in [-0.25, -0.2) is 15.0 Å². The highest BCUT2D eigenvalue weighted by atomic mass is 16.5. The minimum Gasteiger partial charge on any atom is -0.494 e. The Balaban J connectivity index is 1.60. The lowest BCUT2D eigenvalue weighted by Crippen LogP contribution is -2.73. The summed E-state index contributed by atoms with van der Waals surface area (Å²) in [6.45, 7) is 3.83. The van der Waals surface area contributed by atoms with Crippen LogP contribution in [0.3, 0.4) is 0 Å². The monoisotopic (exact) mass is 448 g/mol. The standard InChI is InChI=1S/C23H29N9O/c1-26-22-15(13-24)10-16(14-28-22)18-4-5-27-23(29-18)30-19-11-17(25)20(12-21(19)33-3)32-8-6-31(2)7-9-32/h4-5,10-14,24H,6-9,25H2,1-3H3,(H,26,28)(H,27,29,30)/p+1. The Morgan fingerprint density at radius 3 is 2.67 bits per heavy atom. The zero-order chi connectivity index (χ0) is 23.4. The average Bonchev–Trinajstić information content (AvgIpc) is 2.84. The first-order valence-electron chi connectivity index (χ1n) is 10.8. The molecule has 3 heterocycles. The number of methoxy groups -OCH3 is 1. The first-order chi connectivity index (χ1) is 16.0. The number of nitrogens with zero attached hydrogens (tertiary/aromatic N) is 5. The van der Waals surface area contributed by atoms with Gasteiger partial charge in [-0.3, -0.25) is 5.32 Å². The van der Waals surface area contributed by atoms with E-state index in [4.69, 9.17) is 15.9 Å². The molecule has 1 saturated heterocycles. The largest absolute Gasteiger partial charge is 0.494 e. The number of benzene rings is 1. The first kappa shape index (κ1) is 22.4. The molecular weight excluding hydrogens is 418 g/mol. The van der Waals surface area contributed by atoms with Crippen LogP contribution >= 0.6 is 0 Å². The quantitative estimate of drug-likeness (QED) is 0.315. The van der Waals surface area contributed by atoms with Gasteiger partial charge in [0.05, 0.1) is 42.5 Å². The van der Waals surface area contributed by atoms with E-state index in [-0.39, 0.29) is 0 Å². The predicted molar refractivity (Wildman–Crippen MR) is 131 cm³/mol. The highest BCUT2D eigenvalue weighted by Crippen LogP contribution is 2.37. The summed E-state index contributed by atoms with van der Waals surface area (Å²) in [6, 6.07) is 7.54. The molecular formula is C23H30N9O+. The van der Waals surface area contributed by atoms with Crippen LogP contribution in [0.2, 0.25) is 0 Å². The van der Waals surface area contributed by atoms with E-state index in [2.05, 4.69) is 37.1 Å². The molecule has 2 aromatic heterocycles. The minimum atomic E-state index is 0.417. The normalized spacial score (nSPS) is 14.2. The summed E-state index contributed by atoms with van der Waals surface area (Å²) in [5.74, 6) is 1.85. The molecule has 1 fully saturated rings. The van der Waals surface area contributed by atoms with E-state index in [9.17, 15) is 0 Å². The van der Waals surface area contributed by atoms with Gasteiger partial charge in [0.15, 0.2) is 0 Å². The lowest BCUT2D eigenvalue weighted by Gasteiger charge is -2.35. The van der Waals surface area contributed by atoms with Gasteiger partial charge in [0.25, 0.3) is 0 Å². The highest BCUT2D eigenvalue weighted by molar-refractivity contribution is 5.84. The lowest BCUT2D eigenvalue weighted by atomic mass is 10.1. The molecule has 1 aliphatic heterocycles. The molecule has 0 saturated carbocycles. The van der Waals surface area contributed by atoms with Crippen molar-refractivity contribution in [1.29, 1.82) is 5.41 Å². The summed E-state index contributed by atoms with van der Waals surface area (Å²) in [6.07, 6.45) is 4.72. The molecule has 0 atom stereocenters. The Bertz CT molecular complexity index is 1140. The fourth-order valence-corrected chi connectivity index (χ4v) is 3.86. The van der Waals surface area contributed by atoms with Crippen LogP contribution in [0.4, 0.5) is 28.8 Å². The third-order valence-corrected chi connectivity index (χ3v) is 5.77. The third kappa shape index (κ3) is 4.86. The van der Waals surface area contributed by atoms with Crippen LogP contribution in [0.5, 0.6) is 5.75 Å². The average molecular weight is 449 g/mol. The van der Waals surface area contributed by atoms with Crippen LogP contribution in [0.25, 0.3) is 11.3 Å². The Kier molecular flexibility index (Phi) is 6.66. The third-order valence-electron chi connectivity index (χ3n) is 5.77. The molecule has 4 rings (SSSR count). The molecule has 0 unspecified atom stereocenters. The summed E-state index contributed by atoms with van der Waals surface area (Å²) in [5, 5.41) is 12.8. The summed E-state index contributed by atoms with van der Waals surface area (Å²) in [4.78, 5) is 18.0. The number of rotatable bonds is 7. The number of nitrogen functional groups attached to an aromatic ring is 1. The maximum atomic E-state index is 7.64. The van der Waals surface area contributed by atoms with Crippen LogP contribution in [-0.2, 0) is 0 Å². The van der Waals surface area contributed by atoms with Gasteiger partial charge in [-0.1, -0.05) is 0 Å². The smallest absolute Gasteiger partial charge is 0.232 e. The number of quaternary nitrogens is 1. The second-order valence-corrected chi connectivity index (χ2v) is 7.92. The van der Waals surface area contributed by atoms with Gasteiger partial charge in [-0.2, -0.15) is 0 Å². The van der Waals surface area contributed by atoms with E-state index in [1.54, 1.807) is 19.5 Å². The molecule has 0 aliphatic carbocycles. The van der Waals surface area contributed by atoms with Crippen molar-refractivity contribution in [2.45, 2.75) is 0 Å². The number of ether oxygens (including phenoxy) is 1. The van der Waals surface area contributed by atoms with Gasteiger partial charge in [0, 0.05) is 56.4 Å². The van der Waals surface area contributed by atoms with Gasteiger partial charge in [0.2, 0.25) is 11.8 Å². The Labute approximate surface area is 193 Å². The summed E-state index contributed by atoms with van der Waals surface area (Å²) >= 11 is 0. The van der Waals surface area contributed by atoms with Crippen molar-refractivity contribution in [3.05, 3.63) is 42.2 Å². The second-order valence-electron chi connectivity index (χ2n) is 7.92. The van der Waals surface area contributed by atoms with Crippen LogP contribution in [0.1, 0.15) is 5.56 Å². The minimum absolute atomic E-state index is 0.417. The number of nitrogens with one attached hydrogen (secondary N) is 2. The number of anilines is 4. The molecule has 10 nitrogen and oxygen atoms in total. The summed E-state index contributed by atoms with van der Waals surface area (Å²) in [7, 11) is 5.66. The first-order valence-corrected chi connectivity index (χ1v) is 10.8. The van der Waals surface area contributed by atoms with E-state index in [0.29, 0.717) is 28.8 Å². The van der Waals surface area contributed by atoms with Crippen molar-refractivity contribution in [2.75, 3.05) is 63.3 Å². The molecule has 0 radical (unpaired) electrons. The highest BCUT2D eigenvalue weighted by Gasteiger charge is 2.19. The fourth-order valence-electron chi connectivity index (χ4n) is 3.86. The molecule has 0 spiro atoms. The molecule has 3 aromatic rings. The van der Waals surface area contributed by atoms with E-state index in [0.717, 1.165) is 48.8 Å². The van der Waals surface area contributed by atoms with Crippen LogP contribution in [0.15, 0.2) is 36.7 Å². The number of hydrogen-bond donors (Lipinski definition) is 4. The van der Waals surface area contributed by atoms with Crippen molar-refractivity contribution in [3.63, 3.8) is 0 Å². The molecule has 6 N–H and O–H groups in total. The Morgan fingerprint density at radius 2 is 1.97 bits per heavy atom. The van der Waals surface area contributed by atoms with Crippen LogP contribution in [0, 0.1) is 5.41 Å². The van der Waals surface area contributed by atoms with Gasteiger partial charge in [0.1, 0.15) is 5.75 Å². The fraction of sp³-hybridized carbons (Fsp3) is 0.304. The molecule has 33 heavy (non-hydrogen) atoms. The number of likely N-dealkylation sites (N-methyl/N-ethyl adjacent to an activating group) is 1. The molecule has 172 valence electrons. The Morgan fingerprint density at radius 1 is 1.18 bits per heavy atom. The van der Waals surface area contributed by atoms with Crippen LogP contribution < -0.4 is 26.0 Å². The molecule has 1 aliphatic rings. The molecule has 0 amide bonds. The van der Waals surface area contributed by atoms with Gasteiger partial charge in [-0.15, -0.1) is 0 Å². The number of aromatic nitrogens is 3. The van der Waals surface area contributed by atoms with Crippen molar-refractivity contribution in [1.82, 2.24) is 19.9 Å². The maximum absolute atomic E-state index is 7.64. The molecule has 1 aromatic carbocycles. The van der Waals surface area contributed by atoms with Gasteiger partial charge in [-0.05, 0) is 25.2 Å². The van der Waals surface area contributed by atoms with E-state index >= 15 is 0 Å². The van der Waals surface area contributed by atoms with Crippen molar-refractivity contribution < 1.29 is 10.1 Å². The predicted octanol–water partition coefficient (Wildman–Crippen LogP) is 1.45. The lowest BCUT2D eigenvalue weighted by molar-refractivity contribution is -0.543. The number of hydrogen-bond acceptors (Lipinski definition) is 9. The maximum Gasteiger partial charge on any atom is 0.232 e. The number of nitrogens with two attached hydrogens (primary N) is 2. The van der Waals surface area contributed by atoms with Crippen LogP contribution in [-0.4, -0.2) is 73.5 Å². The van der Waals surface area contributed by atoms with Crippen molar-refractivity contribution >= 4 is 35.0 Å². The zero-order valence-electron chi connectivity index (χ0n) is 19.2. The van der Waals surface area contributed by atoms with Gasteiger partial charge >= 0.3 is 0 Å². The van der Waals surface area contributed by atoms with Crippen molar-refractivity contribution in [2.24, 2.45) is 0 Å². The number of piperazine rings is 1. The second kappa shape index (κ2) is 9.80. The Hall–Kier alpha value is -3.76. The van der Waals surface area contributed by atoms with Crippen molar-refractivity contribution in [3.8, 4) is 17.0 Å².